The highest BCUT2D eigenvalue weighted by Crippen LogP contribution is 2.32. The molecule has 2 rings (SSSR count). The van der Waals surface area contributed by atoms with Gasteiger partial charge in [0.1, 0.15) is 17.3 Å². The molecule has 0 saturated heterocycles. The van der Waals surface area contributed by atoms with Crippen LogP contribution in [-0.4, -0.2) is 16.5 Å². The Balaban J connectivity index is 2.57. The highest BCUT2D eigenvalue weighted by atomic mass is 19.1. The molecule has 0 amide bonds. The Kier molecular flexibility index (Phi) is 2.78. The van der Waals surface area contributed by atoms with E-state index in [1.54, 1.807) is 0 Å². The summed E-state index contributed by atoms with van der Waals surface area (Å²) in [6, 6.07) is 7.76. The Morgan fingerprint density at radius 1 is 1.00 bits per heavy atom. The lowest BCUT2D eigenvalue weighted by molar-refractivity contribution is 0.112. The third-order valence-corrected chi connectivity index (χ3v) is 2.43. The summed E-state index contributed by atoms with van der Waals surface area (Å²) in [5.41, 5.74) is 0.840. The SMILES string of the molecule is O=Cc1ccc(-c2cc(F)ccc2O)cc1O. The van der Waals surface area contributed by atoms with Crippen LogP contribution < -0.4 is 0 Å². The second-order valence-electron chi connectivity index (χ2n) is 3.55. The number of hydrogen-bond acceptors (Lipinski definition) is 3. The summed E-state index contributed by atoms with van der Waals surface area (Å²) in [5.74, 6) is -0.789. The number of carbonyl (C=O) groups excluding carboxylic acids is 1. The van der Waals surface area contributed by atoms with Crippen molar-refractivity contribution in [3.05, 3.63) is 47.8 Å². The molecule has 0 unspecified atom stereocenters. The number of hydrogen-bond donors (Lipinski definition) is 2. The van der Waals surface area contributed by atoms with Crippen molar-refractivity contribution < 1.29 is 19.4 Å². The summed E-state index contributed by atoms with van der Waals surface area (Å²) in [7, 11) is 0. The normalized spacial score (nSPS) is 10.2. The molecule has 0 aliphatic heterocycles. The van der Waals surface area contributed by atoms with E-state index in [2.05, 4.69) is 0 Å². The smallest absolute Gasteiger partial charge is 0.153 e. The van der Waals surface area contributed by atoms with Crippen molar-refractivity contribution in [1.29, 1.82) is 0 Å². The maximum atomic E-state index is 13.0. The van der Waals surface area contributed by atoms with Crippen LogP contribution in [0.3, 0.4) is 0 Å². The first-order valence-electron chi connectivity index (χ1n) is 4.89. The van der Waals surface area contributed by atoms with Crippen LogP contribution in [0.2, 0.25) is 0 Å². The number of phenolic OH excluding ortho intramolecular Hbond substituents is 2. The predicted molar refractivity (Wildman–Crippen MR) is 60.6 cm³/mol. The van der Waals surface area contributed by atoms with Gasteiger partial charge in [0, 0.05) is 5.56 Å². The minimum atomic E-state index is -0.489. The van der Waals surface area contributed by atoms with Gasteiger partial charge in [0.25, 0.3) is 0 Å². The highest BCUT2D eigenvalue weighted by Gasteiger charge is 2.08. The van der Waals surface area contributed by atoms with Crippen molar-refractivity contribution in [2.45, 2.75) is 0 Å². The van der Waals surface area contributed by atoms with Gasteiger partial charge in [-0.05, 0) is 35.9 Å². The molecule has 0 aromatic heterocycles. The molecule has 0 heterocycles. The summed E-state index contributed by atoms with van der Waals surface area (Å²) in [6.07, 6.45) is 0.518. The molecule has 17 heavy (non-hydrogen) atoms. The van der Waals surface area contributed by atoms with E-state index in [0.717, 1.165) is 12.1 Å². The Morgan fingerprint density at radius 2 is 1.76 bits per heavy atom. The van der Waals surface area contributed by atoms with E-state index in [1.807, 2.05) is 0 Å². The predicted octanol–water partition coefficient (Wildman–Crippen LogP) is 2.72. The van der Waals surface area contributed by atoms with Crippen LogP contribution in [0.1, 0.15) is 10.4 Å². The van der Waals surface area contributed by atoms with E-state index < -0.39 is 5.82 Å². The van der Waals surface area contributed by atoms with Crippen LogP contribution >= 0.6 is 0 Å². The average Bonchev–Trinajstić information content (AvgIpc) is 2.32. The van der Waals surface area contributed by atoms with Crippen LogP contribution in [0.15, 0.2) is 36.4 Å². The Bertz CT molecular complexity index is 579. The van der Waals surface area contributed by atoms with Crippen LogP contribution in [-0.2, 0) is 0 Å². The first-order chi connectivity index (χ1) is 8.11. The maximum absolute atomic E-state index is 13.0. The first kappa shape index (κ1) is 11.1. The van der Waals surface area contributed by atoms with Crippen molar-refractivity contribution in [2.24, 2.45) is 0 Å². The second kappa shape index (κ2) is 4.25. The summed E-state index contributed by atoms with van der Waals surface area (Å²) in [6.45, 7) is 0. The van der Waals surface area contributed by atoms with E-state index in [0.29, 0.717) is 11.8 Å². The van der Waals surface area contributed by atoms with Gasteiger partial charge in [-0.15, -0.1) is 0 Å². The number of halogens is 1. The molecule has 0 aliphatic rings. The third-order valence-electron chi connectivity index (χ3n) is 2.43. The van der Waals surface area contributed by atoms with Gasteiger partial charge in [-0.2, -0.15) is 0 Å². The minimum absolute atomic E-state index is 0.0929. The monoisotopic (exact) mass is 232 g/mol. The summed E-state index contributed by atoms with van der Waals surface area (Å²) < 4.78 is 13.0. The minimum Gasteiger partial charge on any atom is -0.507 e. The number of carbonyl (C=O) groups is 1. The van der Waals surface area contributed by atoms with Gasteiger partial charge in [-0.1, -0.05) is 6.07 Å². The van der Waals surface area contributed by atoms with Gasteiger partial charge in [-0.3, -0.25) is 4.79 Å². The number of phenols is 2. The van der Waals surface area contributed by atoms with E-state index >= 15 is 0 Å². The molecule has 2 N–H and O–H groups in total. The topological polar surface area (TPSA) is 57.5 Å². The Hall–Kier alpha value is -2.36. The Morgan fingerprint density at radius 3 is 2.41 bits per heavy atom. The van der Waals surface area contributed by atoms with Gasteiger partial charge < -0.3 is 10.2 Å². The lowest BCUT2D eigenvalue weighted by atomic mass is 10.0. The molecule has 2 aromatic carbocycles. The van der Waals surface area contributed by atoms with E-state index in [1.165, 1.54) is 24.3 Å². The van der Waals surface area contributed by atoms with Gasteiger partial charge in [-0.25, -0.2) is 4.39 Å². The van der Waals surface area contributed by atoms with Crippen LogP contribution in [0.4, 0.5) is 4.39 Å². The zero-order valence-electron chi connectivity index (χ0n) is 8.72. The number of benzene rings is 2. The van der Waals surface area contributed by atoms with Crippen molar-refractivity contribution in [1.82, 2.24) is 0 Å². The van der Waals surface area contributed by atoms with Gasteiger partial charge in [0.2, 0.25) is 0 Å². The molecule has 2 aromatic rings. The van der Waals surface area contributed by atoms with Crippen molar-refractivity contribution in [3.8, 4) is 22.6 Å². The molecule has 0 aliphatic carbocycles. The van der Waals surface area contributed by atoms with E-state index in [9.17, 15) is 19.4 Å². The molecule has 3 nitrogen and oxygen atoms in total. The molecule has 4 heteroatoms. The summed E-state index contributed by atoms with van der Waals surface area (Å²) >= 11 is 0. The molecule has 0 atom stereocenters. The molecule has 0 bridgehead atoms. The average molecular weight is 232 g/mol. The fraction of sp³-hybridized carbons (Fsp3) is 0. The number of aldehydes is 1. The third kappa shape index (κ3) is 2.10. The lowest BCUT2D eigenvalue weighted by Gasteiger charge is -2.06. The summed E-state index contributed by atoms with van der Waals surface area (Å²) in [4.78, 5) is 10.5. The van der Waals surface area contributed by atoms with Crippen molar-refractivity contribution in [3.63, 3.8) is 0 Å². The molecule has 0 saturated carbocycles. The molecular weight excluding hydrogens is 223 g/mol. The maximum Gasteiger partial charge on any atom is 0.153 e. The highest BCUT2D eigenvalue weighted by molar-refractivity contribution is 5.82. The molecule has 0 radical (unpaired) electrons. The standard InChI is InChI=1S/C13H9FO3/c14-10-3-4-12(16)11(6-10)8-1-2-9(7-15)13(17)5-8/h1-7,16-17H. The number of aromatic hydroxyl groups is 2. The van der Waals surface area contributed by atoms with E-state index in [4.69, 9.17) is 0 Å². The van der Waals surface area contributed by atoms with Gasteiger partial charge in [0.15, 0.2) is 6.29 Å². The molecule has 86 valence electrons. The van der Waals surface area contributed by atoms with Crippen molar-refractivity contribution in [2.75, 3.05) is 0 Å². The zero-order valence-corrected chi connectivity index (χ0v) is 8.72. The fourth-order valence-electron chi connectivity index (χ4n) is 1.55. The lowest BCUT2D eigenvalue weighted by Crippen LogP contribution is -1.85. The Labute approximate surface area is 96.8 Å². The van der Waals surface area contributed by atoms with Gasteiger partial charge >= 0.3 is 0 Å². The number of rotatable bonds is 2. The molecule has 0 spiro atoms. The van der Waals surface area contributed by atoms with Crippen LogP contribution in [0.5, 0.6) is 11.5 Å². The van der Waals surface area contributed by atoms with Crippen LogP contribution in [0, 0.1) is 5.82 Å². The van der Waals surface area contributed by atoms with Crippen molar-refractivity contribution >= 4 is 6.29 Å². The van der Waals surface area contributed by atoms with E-state index in [-0.39, 0.29) is 22.6 Å². The van der Waals surface area contributed by atoms with Gasteiger partial charge in [0.05, 0.1) is 5.56 Å². The summed E-state index contributed by atoms with van der Waals surface area (Å²) in [5, 5.41) is 19.1. The fourth-order valence-corrected chi connectivity index (χ4v) is 1.55. The first-order valence-corrected chi connectivity index (χ1v) is 4.89. The largest absolute Gasteiger partial charge is 0.507 e. The zero-order chi connectivity index (χ0) is 12.4. The second-order valence-corrected chi connectivity index (χ2v) is 3.55. The quantitative estimate of drug-likeness (QED) is 0.782. The molecule has 0 fully saturated rings. The van der Waals surface area contributed by atoms with Crippen LogP contribution in [0.25, 0.3) is 11.1 Å². The molecular formula is C13H9FO3.